The second kappa shape index (κ2) is 5.09. The Morgan fingerprint density at radius 3 is 2.73 bits per heavy atom. The van der Waals surface area contributed by atoms with E-state index in [0.29, 0.717) is 0 Å². The molecule has 1 aromatic rings. The van der Waals surface area contributed by atoms with E-state index in [4.69, 9.17) is 22.1 Å². The van der Waals surface area contributed by atoms with E-state index < -0.39 is 11.6 Å². The van der Waals surface area contributed by atoms with Crippen molar-refractivity contribution in [1.29, 1.82) is 0 Å². The van der Waals surface area contributed by atoms with Gasteiger partial charge in [0.1, 0.15) is 16.6 Å². The van der Waals surface area contributed by atoms with Crippen molar-refractivity contribution < 1.29 is 13.5 Å². The van der Waals surface area contributed by atoms with Gasteiger partial charge in [-0.2, -0.15) is 0 Å². The Labute approximate surface area is 91.3 Å². The highest BCUT2D eigenvalue weighted by molar-refractivity contribution is 6.32. The first-order valence-electron chi connectivity index (χ1n) is 4.20. The molecule has 0 bridgehead atoms. The van der Waals surface area contributed by atoms with Gasteiger partial charge in [0.25, 0.3) is 0 Å². The number of methoxy groups -OCH3 is 1. The molecule has 0 amide bonds. The van der Waals surface area contributed by atoms with Gasteiger partial charge in [0, 0.05) is 18.2 Å². The smallest absolute Gasteiger partial charge is 0.155 e. The van der Waals surface area contributed by atoms with Crippen molar-refractivity contribution in [3.63, 3.8) is 0 Å². The summed E-state index contributed by atoms with van der Waals surface area (Å²) in [6.45, 7) is 0.197. The van der Waals surface area contributed by atoms with Crippen LogP contribution in [0.4, 0.5) is 8.78 Å². The summed E-state index contributed by atoms with van der Waals surface area (Å²) in [4.78, 5) is 0. The Morgan fingerprint density at radius 1 is 1.53 bits per heavy atom. The van der Waals surface area contributed by atoms with E-state index in [1.807, 2.05) is 0 Å². The zero-order valence-electron chi connectivity index (χ0n) is 8.06. The van der Waals surface area contributed by atoms with Crippen LogP contribution < -0.4 is 10.5 Å². The van der Waals surface area contributed by atoms with E-state index in [0.717, 1.165) is 6.07 Å². The first-order chi connectivity index (χ1) is 7.11. The lowest BCUT2D eigenvalue weighted by molar-refractivity contribution is 0.407. The summed E-state index contributed by atoms with van der Waals surface area (Å²) in [5.74, 6) is -1.62. The van der Waals surface area contributed by atoms with Crippen molar-refractivity contribution in [3.05, 3.63) is 34.4 Å². The summed E-state index contributed by atoms with van der Waals surface area (Å²) in [6, 6.07) is 1.03. The van der Waals surface area contributed by atoms with Gasteiger partial charge in [0.05, 0.1) is 7.11 Å². The van der Waals surface area contributed by atoms with Crippen molar-refractivity contribution in [1.82, 2.24) is 0 Å². The fourth-order valence-electron chi connectivity index (χ4n) is 1.07. The van der Waals surface area contributed by atoms with E-state index in [1.165, 1.54) is 19.3 Å². The van der Waals surface area contributed by atoms with Gasteiger partial charge in [-0.25, -0.2) is 8.78 Å². The Morgan fingerprint density at radius 2 is 2.20 bits per heavy atom. The number of nitrogens with two attached hydrogens (primary N) is 1. The van der Waals surface area contributed by atoms with Gasteiger partial charge < -0.3 is 10.5 Å². The van der Waals surface area contributed by atoms with E-state index in [2.05, 4.69) is 0 Å². The maximum absolute atomic E-state index is 13.5. The van der Waals surface area contributed by atoms with Crippen LogP contribution in [0.3, 0.4) is 0 Å². The minimum atomic E-state index is -0.849. The van der Waals surface area contributed by atoms with Gasteiger partial charge in [-0.1, -0.05) is 23.8 Å². The van der Waals surface area contributed by atoms with Gasteiger partial charge in [-0.3, -0.25) is 0 Å². The summed E-state index contributed by atoms with van der Waals surface area (Å²) in [5.41, 5.74) is 4.96. The molecule has 15 heavy (non-hydrogen) atoms. The average Bonchev–Trinajstić information content (AvgIpc) is 2.23. The summed E-state index contributed by atoms with van der Waals surface area (Å²) in [5, 5.41) is -0.240. The molecule has 2 nitrogen and oxygen atoms in total. The molecule has 0 spiro atoms. The van der Waals surface area contributed by atoms with E-state index in [1.54, 1.807) is 0 Å². The molecule has 0 aliphatic carbocycles. The molecule has 0 saturated heterocycles. The molecule has 0 unspecified atom stereocenters. The SMILES string of the molecule is COc1cc(F)c(/C=C/CN)c(F)c1Cl. The number of rotatable bonds is 3. The van der Waals surface area contributed by atoms with Crippen LogP contribution in [0.5, 0.6) is 5.75 Å². The van der Waals surface area contributed by atoms with Gasteiger partial charge in [0.2, 0.25) is 0 Å². The molecule has 5 heteroatoms. The number of halogens is 3. The molecule has 0 aromatic heterocycles. The molecule has 0 fully saturated rings. The largest absolute Gasteiger partial charge is 0.495 e. The number of ether oxygens (including phenoxy) is 1. The Bertz CT molecular complexity index is 393. The zero-order chi connectivity index (χ0) is 11.4. The predicted molar refractivity (Wildman–Crippen MR) is 56.0 cm³/mol. The fourth-order valence-corrected chi connectivity index (χ4v) is 1.31. The first-order valence-corrected chi connectivity index (χ1v) is 4.57. The Hall–Kier alpha value is -1.13. The molecule has 0 radical (unpaired) electrons. The highest BCUT2D eigenvalue weighted by atomic mass is 35.5. The van der Waals surface area contributed by atoms with Crippen LogP contribution in [0.25, 0.3) is 6.08 Å². The molecule has 0 aliphatic rings. The summed E-state index contributed by atoms with van der Waals surface area (Å²) in [7, 11) is 1.29. The standard InChI is InChI=1S/C10H10ClF2NO/c1-15-8-5-7(12)6(3-2-4-14)10(13)9(8)11/h2-3,5H,4,14H2,1H3/b3-2+. The second-order valence-electron chi connectivity index (χ2n) is 2.74. The molecule has 0 heterocycles. The molecule has 0 atom stereocenters. The van der Waals surface area contributed by atoms with E-state index >= 15 is 0 Å². The number of benzene rings is 1. The van der Waals surface area contributed by atoms with Crippen LogP contribution in [0, 0.1) is 11.6 Å². The van der Waals surface area contributed by atoms with Gasteiger partial charge in [-0.15, -0.1) is 0 Å². The van der Waals surface area contributed by atoms with Crippen LogP contribution in [0.1, 0.15) is 5.56 Å². The van der Waals surface area contributed by atoms with Crippen molar-refractivity contribution in [2.45, 2.75) is 0 Å². The lowest BCUT2D eigenvalue weighted by Crippen LogP contribution is -1.96. The van der Waals surface area contributed by atoms with Crippen LogP contribution in [-0.2, 0) is 0 Å². The summed E-state index contributed by atoms with van der Waals surface area (Å²) < 4.78 is 31.5. The van der Waals surface area contributed by atoms with E-state index in [9.17, 15) is 8.78 Å². The second-order valence-corrected chi connectivity index (χ2v) is 3.12. The van der Waals surface area contributed by atoms with Crippen molar-refractivity contribution >= 4 is 17.7 Å². The highest BCUT2D eigenvalue weighted by Gasteiger charge is 2.15. The lowest BCUT2D eigenvalue weighted by Gasteiger charge is -2.07. The number of hydrogen-bond donors (Lipinski definition) is 1. The van der Waals surface area contributed by atoms with Crippen LogP contribution >= 0.6 is 11.6 Å². The van der Waals surface area contributed by atoms with Crippen LogP contribution in [-0.4, -0.2) is 13.7 Å². The van der Waals surface area contributed by atoms with Crippen molar-refractivity contribution in [3.8, 4) is 5.75 Å². The highest BCUT2D eigenvalue weighted by Crippen LogP contribution is 2.31. The quantitative estimate of drug-likeness (QED) is 0.815. The van der Waals surface area contributed by atoms with Crippen LogP contribution in [0.2, 0.25) is 5.02 Å². The maximum Gasteiger partial charge on any atom is 0.155 e. The molecule has 2 N–H and O–H groups in total. The Kier molecular flexibility index (Phi) is 4.05. The normalized spacial score (nSPS) is 11.0. The molecule has 1 aromatic carbocycles. The third-order valence-electron chi connectivity index (χ3n) is 1.80. The zero-order valence-corrected chi connectivity index (χ0v) is 8.81. The number of hydrogen-bond acceptors (Lipinski definition) is 2. The third-order valence-corrected chi connectivity index (χ3v) is 2.15. The van der Waals surface area contributed by atoms with Gasteiger partial charge in [-0.05, 0) is 0 Å². The average molecular weight is 234 g/mol. The monoisotopic (exact) mass is 233 g/mol. The molecule has 0 aliphatic heterocycles. The molecule has 82 valence electrons. The van der Waals surface area contributed by atoms with Gasteiger partial charge >= 0.3 is 0 Å². The minimum absolute atomic E-state index is 0.0310. The lowest BCUT2D eigenvalue weighted by atomic mass is 10.1. The fraction of sp³-hybridized carbons (Fsp3) is 0.200. The first kappa shape index (κ1) is 11.9. The minimum Gasteiger partial charge on any atom is -0.495 e. The third kappa shape index (κ3) is 2.46. The topological polar surface area (TPSA) is 35.2 Å². The molecule has 1 rings (SSSR count). The van der Waals surface area contributed by atoms with Gasteiger partial charge in [0.15, 0.2) is 5.82 Å². The summed E-state index contributed by atoms with van der Waals surface area (Å²) in [6.07, 6.45) is 2.68. The van der Waals surface area contributed by atoms with Crippen molar-refractivity contribution in [2.75, 3.05) is 13.7 Å². The predicted octanol–water partition coefficient (Wildman–Crippen LogP) is 2.60. The van der Waals surface area contributed by atoms with E-state index in [-0.39, 0.29) is 22.9 Å². The van der Waals surface area contributed by atoms with Crippen LogP contribution in [0.15, 0.2) is 12.1 Å². The summed E-state index contributed by atoms with van der Waals surface area (Å²) >= 11 is 5.62. The maximum atomic E-state index is 13.5. The van der Waals surface area contributed by atoms with Crippen molar-refractivity contribution in [2.24, 2.45) is 5.73 Å². The molecular formula is C10H10ClF2NO. The molecular weight excluding hydrogens is 224 g/mol. The molecule has 0 saturated carbocycles. The Balaban J connectivity index is 3.29.